The fourth-order valence-electron chi connectivity index (χ4n) is 4.63. The molecule has 43 heavy (non-hydrogen) atoms. The van der Waals surface area contributed by atoms with Crippen molar-refractivity contribution in [2.45, 2.75) is 85.3 Å². The van der Waals surface area contributed by atoms with Crippen molar-refractivity contribution in [3.8, 4) is 11.5 Å². The minimum atomic E-state index is -1.11. The standard InChI is InChI=1S/C32H55N3O8/c1-7-8-13-34-32(40)26(22(4)5)18-28(36)27(33)16-23(21(2)3)19-35-31(39)25-12-11-24(43-20-30(37)38)17-29(25)42-15-10-9-14-41-6/h11-12,17,21-23,26-28,36H,7-10,13-16,18-20,33H2,1-6H3,(H,34,40)(H,35,39)(H,37,38). The molecule has 0 spiro atoms. The lowest BCUT2D eigenvalue weighted by molar-refractivity contribution is -0.139. The Labute approximate surface area is 257 Å². The first-order chi connectivity index (χ1) is 20.4. The number of hydrogen-bond donors (Lipinski definition) is 5. The second-order valence-electron chi connectivity index (χ2n) is 11.8. The fraction of sp³-hybridized carbons (Fsp3) is 0.719. The van der Waals surface area contributed by atoms with Crippen LogP contribution in [0, 0.1) is 23.7 Å². The highest BCUT2D eigenvalue weighted by Gasteiger charge is 2.30. The summed E-state index contributed by atoms with van der Waals surface area (Å²) in [5, 5.41) is 25.8. The zero-order chi connectivity index (χ0) is 32.4. The molecule has 1 aromatic rings. The number of amides is 2. The molecule has 11 heteroatoms. The predicted molar refractivity (Wildman–Crippen MR) is 166 cm³/mol. The number of carboxylic acids is 1. The van der Waals surface area contributed by atoms with Crippen LogP contribution in [0.15, 0.2) is 18.2 Å². The van der Waals surface area contributed by atoms with Gasteiger partial charge in [0.05, 0.1) is 18.3 Å². The number of aliphatic hydroxyl groups is 1. The number of carbonyl (C=O) groups is 3. The molecule has 246 valence electrons. The molecule has 4 atom stereocenters. The van der Waals surface area contributed by atoms with E-state index in [2.05, 4.69) is 17.6 Å². The average Bonchev–Trinajstić information content (AvgIpc) is 2.96. The van der Waals surface area contributed by atoms with Gasteiger partial charge in [0.1, 0.15) is 11.5 Å². The molecule has 4 unspecified atom stereocenters. The highest BCUT2D eigenvalue weighted by molar-refractivity contribution is 5.97. The number of carboxylic acid groups (broad SMARTS) is 1. The second kappa shape index (κ2) is 20.9. The first-order valence-corrected chi connectivity index (χ1v) is 15.5. The van der Waals surface area contributed by atoms with E-state index in [-0.39, 0.29) is 47.7 Å². The van der Waals surface area contributed by atoms with Crippen molar-refractivity contribution in [2.75, 3.05) is 40.0 Å². The Morgan fingerprint density at radius 3 is 2.26 bits per heavy atom. The molecule has 1 aromatic carbocycles. The van der Waals surface area contributed by atoms with E-state index in [0.717, 1.165) is 19.3 Å². The molecule has 1 rings (SSSR count). The van der Waals surface area contributed by atoms with Gasteiger partial charge in [-0.05, 0) is 62.0 Å². The molecule has 0 fully saturated rings. The topological polar surface area (TPSA) is 169 Å². The highest BCUT2D eigenvalue weighted by Crippen LogP contribution is 2.27. The van der Waals surface area contributed by atoms with Gasteiger partial charge in [-0.15, -0.1) is 0 Å². The molecular weight excluding hydrogens is 554 g/mol. The number of hydrogen-bond acceptors (Lipinski definition) is 8. The van der Waals surface area contributed by atoms with Gasteiger partial charge in [-0.25, -0.2) is 4.79 Å². The molecule has 0 aromatic heterocycles. The Kier molecular flexibility index (Phi) is 18.6. The summed E-state index contributed by atoms with van der Waals surface area (Å²) in [6.45, 7) is 11.5. The van der Waals surface area contributed by atoms with Crippen molar-refractivity contribution >= 4 is 17.8 Å². The van der Waals surface area contributed by atoms with Crippen molar-refractivity contribution in [1.82, 2.24) is 10.6 Å². The molecule has 0 radical (unpaired) electrons. The molecular formula is C32H55N3O8. The van der Waals surface area contributed by atoms with Crippen molar-refractivity contribution in [2.24, 2.45) is 29.4 Å². The summed E-state index contributed by atoms with van der Waals surface area (Å²) in [5.41, 5.74) is 6.75. The lowest BCUT2D eigenvalue weighted by Crippen LogP contribution is -2.44. The van der Waals surface area contributed by atoms with Crippen LogP contribution >= 0.6 is 0 Å². The number of nitrogens with one attached hydrogen (secondary N) is 2. The van der Waals surface area contributed by atoms with Crippen LogP contribution in [-0.2, 0) is 14.3 Å². The Bertz CT molecular complexity index is 972. The molecule has 0 aliphatic carbocycles. The SMILES string of the molecule is CCCCNC(=O)C(CC(O)C(N)CC(CNC(=O)c1ccc(OCC(=O)O)cc1OCCCCOC)C(C)C)C(C)C. The number of unbranched alkanes of at least 4 members (excludes halogenated alkanes) is 2. The van der Waals surface area contributed by atoms with Crippen LogP contribution in [0.2, 0.25) is 0 Å². The third-order valence-electron chi connectivity index (χ3n) is 7.56. The van der Waals surface area contributed by atoms with Gasteiger partial charge in [-0.1, -0.05) is 41.0 Å². The van der Waals surface area contributed by atoms with Crippen LogP contribution in [0.5, 0.6) is 11.5 Å². The third kappa shape index (κ3) is 14.9. The van der Waals surface area contributed by atoms with Gasteiger partial charge in [0.15, 0.2) is 6.61 Å². The maximum Gasteiger partial charge on any atom is 0.341 e. The molecule has 0 aliphatic heterocycles. The largest absolute Gasteiger partial charge is 0.493 e. The van der Waals surface area contributed by atoms with E-state index >= 15 is 0 Å². The van der Waals surface area contributed by atoms with Gasteiger partial charge in [-0.3, -0.25) is 9.59 Å². The molecule has 0 saturated heterocycles. The fourth-order valence-corrected chi connectivity index (χ4v) is 4.63. The number of rotatable bonds is 23. The average molecular weight is 610 g/mol. The van der Waals surface area contributed by atoms with Gasteiger partial charge >= 0.3 is 5.97 Å². The summed E-state index contributed by atoms with van der Waals surface area (Å²) in [6.07, 6.45) is 3.27. The van der Waals surface area contributed by atoms with Gasteiger partial charge in [-0.2, -0.15) is 0 Å². The predicted octanol–water partition coefficient (Wildman–Crippen LogP) is 3.61. The minimum absolute atomic E-state index is 0.0268. The van der Waals surface area contributed by atoms with E-state index in [9.17, 15) is 19.5 Å². The van der Waals surface area contributed by atoms with Crippen molar-refractivity contribution in [3.63, 3.8) is 0 Å². The summed E-state index contributed by atoms with van der Waals surface area (Å²) < 4.78 is 16.2. The zero-order valence-corrected chi connectivity index (χ0v) is 26.9. The maximum absolute atomic E-state index is 13.3. The van der Waals surface area contributed by atoms with Crippen molar-refractivity contribution < 1.29 is 38.8 Å². The van der Waals surface area contributed by atoms with Crippen LogP contribution in [0.3, 0.4) is 0 Å². The smallest absolute Gasteiger partial charge is 0.341 e. The van der Waals surface area contributed by atoms with E-state index in [1.807, 2.05) is 27.7 Å². The monoisotopic (exact) mass is 609 g/mol. The van der Waals surface area contributed by atoms with E-state index in [4.69, 9.17) is 25.1 Å². The molecule has 0 heterocycles. The first-order valence-electron chi connectivity index (χ1n) is 15.5. The highest BCUT2D eigenvalue weighted by atomic mass is 16.5. The molecule has 11 nitrogen and oxygen atoms in total. The van der Waals surface area contributed by atoms with E-state index in [0.29, 0.717) is 50.5 Å². The quantitative estimate of drug-likeness (QED) is 0.116. The lowest BCUT2D eigenvalue weighted by atomic mass is 9.83. The lowest BCUT2D eigenvalue weighted by Gasteiger charge is -2.30. The summed E-state index contributed by atoms with van der Waals surface area (Å²) in [4.78, 5) is 36.9. The van der Waals surface area contributed by atoms with Crippen LogP contribution in [0.25, 0.3) is 0 Å². The van der Waals surface area contributed by atoms with E-state index in [1.54, 1.807) is 13.2 Å². The van der Waals surface area contributed by atoms with E-state index in [1.165, 1.54) is 12.1 Å². The number of carbonyl (C=O) groups excluding carboxylic acids is 2. The Balaban J connectivity index is 2.88. The van der Waals surface area contributed by atoms with Crippen molar-refractivity contribution in [3.05, 3.63) is 23.8 Å². The molecule has 2 amide bonds. The summed E-state index contributed by atoms with van der Waals surface area (Å²) in [6, 6.07) is 4.04. The summed E-state index contributed by atoms with van der Waals surface area (Å²) >= 11 is 0. The number of ether oxygens (including phenoxy) is 3. The third-order valence-corrected chi connectivity index (χ3v) is 7.56. The first kappa shape index (κ1) is 38.1. The van der Waals surface area contributed by atoms with Crippen LogP contribution in [-0.4, -0.2) is 80.2 Å². The number of benzene rings is 1. The zero-order valence-electron chi connectivity index (χ0n) is 26.9. The molecule has 6 N–H and O–H groups in total. The van der Waals surface area contributed by atoms with Crippen LogP contribution < -0.4 is 25.8 Å². The number of nitrogens with two attached hydrogens (primary N) is 1. The maximum atomic E-state index is 13.3. The summed E-state index contributed by atoms with van der Waals surface area (Å²) in [5.74, 6) is -1.08. The summed E-state index contributed by atoms with van der Waals surface area (Å²) in [7, 11) is 1.63. The minimum Gasteiger partial charge on any atom is -0.493 e. The van der Waals surface area contributed by atoms with Gasteiger partial charge < -0.3 is 40.8 Å². The Morgan fingerprint density at radius 2 is 1.65 bits per heavy atom. The normalized spacial score (nSPS) is 14.2. The second-order valence-corrected chi connectivity index (χ2v) is 11.8. The Morgan fingerprint density at radius 1 is 0.953 bits per heavy atom. The molecule has 0 saturated carbocycles. The number of aliphatic carboxylic acids is 1. The van der Waals surface area contributed by atoms with Gasteiger partial charge in [0.25, 0.3) is 5.91 Å². The van der Waals surface area contributed by atoms with Crippen LogP contribution in [0.4, 0.5) is 0 Å². The van der Waals surface area contributed by atoms with E-state index < -0.39 is 24.7 Å². The van der Waals surface area contributed by atoms with Crippen molar-refractivity contribution in [1.29, 1.82) is 0 Å². The number of aliphatic hydroxyl groups excluding tert-OH is 1. The van der Waals surface area contributed by atoms with Gasteiger partial charge in [0.2, 0.25) is 5.91 Å². The number of methoxy groups -OCH3 is 1. The van der Waals surface area contributed by atoms with Crippen LogP contribution in [0.1, 0.15) is 83.5 Å². The molecule has 0 aliphatic rings. The van der Waals surface area contributed by atoms with Gasteiger partial charge in [0, 0.05) is 44.8 Å². The molecule has 0 bridgehead atoms. The Hall–Kier alpha value is -2.89.